The number of nitrogens with one attached hydrogen (secondary N) is 1. The van der Waals surface area contributed by atoms with Crippen LogP contribution in [0.25, 0.3) is 10.9 Å². The van der Waals surface area contributed by atoms with Gasteiger partial charge in [0.2, 0.25) is 11.3 Å². The first-order chi connectivity index (χ1) is 15.1. The fourth-order valence-corrected chi connectivity index (χ4v) is 4.74. The number of nitrogens with zero attached hydrogens (tertiary/aromatic N) is 2. The summed E-state index contributed by atoms with van der Waals surface area (Å²) in [5.74, 6) is 1.44. The summed E-state index contributed by atoms with van der Waals surface area (Å²) in [6, 6.07) is 13.4. The van der Waals surface area contributed by atoms with Gasteiger partial charge in [-0.25, -0.2) is 0 Å². The first-order valence-electron chi connectivity index (χ1n) is 10.8. The Morgan fingerprint density at radius 2 is 1.84 bits per heavy atom. The number of fused-ring (bicyclic) bond motifs is 2. The van der Waals surface area contributed by atoms with E-state index in [-0.39, 0.29) is 23.3 Å². The van der Waals surface area contributed by atoms with Gasteiger partial charge in [-0.2, -0.15) is 5.10 Å². The van der Waals surface area contributed by atoms with Gasteiger partial charge in [-0.15, -0.1) is 0 Å². The minimum atomic E-state index is -0.143. The molecule has 31 heavy (non-hydrogen) atoms. The Morgan fingerprint density at radius 3 is 2.68 bits per heavy atom. The molecule has 1 aromatic heterocycles. The van der Waals surface area contributed by atoms with Crippen molar-refractivity contribution in [2.24, 2.45) is 0 Å². The number of amides is 1. The maximum atomic E-state index is 12.8. The van der Waals surface area contributed by atoms with Crippen molar-refractivity contribution in [3.63, 3.8) is 0 Å². The van der Waals surface area contributed by atoms with Crippen molar-refractivity contribution in [3.05, 3.63) is 64.4 Å². The fourth-order valence-electron chi connectivity index (χ4n) is 4.74. The van der Waals surface area contributed by atoms with E-state index in [2.05, 4.69) is 22.5 Å². The molecule has 0 bridgehead atoms. The summed E-state index contributed by atoms with van der Waals surface area (Å²) in [5, 5.41) is 7.85. The Bertz CT molecular complexity index is 1180. The molecule has 0 unspecified atom stereocenters. The molecule has 160 valence electrons. The molecule has 1 N–H and O–H groups in total. The molecule has 1 aliphatic carbocycles. The number of carbonyl (C=O) groups is 1. The van der Waals surface area contributed by atoms with E-state index in [0.29, 0.717) is 30.7 Å². The van der Waals surface area contributed by atoms with Crippen LogP contribution in [0, 0.1) is 0 Å². The zero-order chi connectivity index (χ0) is 21.3. The standard InChI is InChI=1S/C24H25N3O4/c28-20-14-26-27(19-6-2-1-5-18(19)20)15-23(29)25-16-24(9-3-4-10-24)17-7-8-21-22(13-17)31-12-11-30-21/h1-2,5-8,13-14H,3-4,9-12,15-16H2,(H,25,29). The van der Waals surface area contributed by atoms with Crippen LogP contribution in [-0.4, -0.2) is 35.4 Å². The van der Waals surface area contributed by atoms with Crippen LogP contribution in [0.1, 0.15) is 31.2 Å². The molecule has 1 amide bonds. The topological polar surface area (TPSA) is 82.5 Å². The number of carbonyl (C=O) groups excluding carboxylic acids is 1. The molecule has 2 aromatic carbocycles. The van der Waals surface area contributed by atoms with E-state index in [9.17, 15) is 9.59 Å². The SMILES string of the molecule is O=C(Cn1ncc(=O)c2ccccc21)NCC1(c2ccc3c(c2)OCCO3)CCCC1. The minimum Gasteiger partial charge on any atom is -0.486 e. The first kappa shape index (κ1) is 19.6. The van der Waals surface area contributed by atoms with Crippen molar-refractivity contribution in [1.29, 1.82) is 0 Å². The lowest BCUT2D eigenvalue weighted by Crippen LogP contribution is -2.40. The smallest absolute Gasteiger partial charge is 0.241 e. The molecular formula is C24H25N3O4. The second-order valence-electron chi connectivity index (χ2n) is 8.31. The molecule has 5 rings (SSSR count). The molecule has 2 heterocycles. The van der Waals surface area contributed by atoms with Crippen LogP contribution in [0.4, 0.5) is 0 Å². The van der Waals surface area contributed by atoms with Crippen LogP contribution in [0.2, 0.25) is 0 Å². The summed E-state index contributed by atoms with van der Waals surface area (Å²) in [6.45, 7) is 1.75. The zero-order valence-electron chi connectivity index (χ0n) is 17.3. The average molecular weight is 419 g/mol. The Labute approximate surface area is 180 Å². The lowest BCUT2D eigenvalue weighted by atomic mass is 9.78. The molecule has 7 heteroatoms. The number of aromatic nitrogens is 2. The molecule has 0 atom stereocenters. The normalized spacial score (nSPS) is 16.9. The zero-order valence-corrected chi connectivity index (χ0v) is 17.3. The summed E-state index contributed by atoms with van der Waals surface area (Å²) in [5.41, 5.74) is 1.59. The fraction of sp³-hybridized carbons (Fsp3) is 0.375. The lowest BCUT2D eigenvalue weighted by Gasteiger charge is -2.31. The van der Waals surface area contributed by atoms with E-state index in [1.165, 1.54) is 11.8 Å². The van der Waals surface area contributed by atoms with Gasteiger partial charge in [-0.3, -0.25) is 14.3 Å². The van der Waals surface area contributed by atoms with Gasteiger partial charge in [-0.05, 0) is 42.7 Å². The van der Waals surface area contributed by atoms with Gasteiger partial charge in [0, 0.05) is 17.3 Å². The molecule has 1 fully saturated rings. The number of para-hydroxylation sites is 1. The van der Waals surface area contributed by atoms with Crippen LogP contribution in [0.5, 0.6) is 11.5 Å². The highest BCUT2D eigenvalue weighted by Gasteiger charge is 2.36. The number of benzene rings is 2. The molecule has 0 radical (unpaired) electrons. The van der Waals surface area contributed by atoms with Crippen molar-refractivity contribution in [1.82, 2.24) is 15.1 Å². The molecule has 3 aromatic rings. The van der Waals surface area contributed by atoms with Crippen LogP contribution >= 0.6 is 0 Å². The Balaban J connectivity index is 1.34. The predicted octanol–water partition coefficient (Wildman–Crippen LogP) is 2.80. The van der Waals surface area contributed by atoms with Crippen LogP contribution in [0.3, 0.4) is 0 Å². The number of ether oxygens (including phenoxy) is 2. The average Bonchev–Trinajstić information content (AvgIpc) is 3.30. The summed E-state index contributed by atoms with van der Waals surface area (Å²) >= 11 is 0. The van der Waals surface area contributed by atoms with Crippen LogP contribution in [-0.2, 0) is 16.8 Å². The minimum absolute atomic E-state index is 0.0675. The molecule has 0 saturated heterocycles. The largest absolute Gasteiger partial charge is 0.486 e. The van der Waals surface area contributed by atoms with Gasteiger partial charge in [0.05, 0.1) is 11.7 Å². The van der Waals surface area contributed by atoms with Crippen molar-refractivity contribution in [3.8, 4) is 11.5 Å². The highest BCUT2D eigenvalue weighted by molar-refractivity contribution is 5.81. The van der Waals surface area contributed by atoms with E-state index in [0.717, 1.165) is 37.2 Å². The van der Waals surface area contributed by atoms with Gasteiger partial charge in [0.25, 0.3) is 0 Å². The van der Waals surface area contributed by atoms with E-state index < -0.39 is 0 Å². The van der Waals surface area contributed by atoms with Crippen molar-refractivity contribution >= 4 is 16.8 Å². The maximum Gasteiger partial charge on any atom is 0.241 e. The van der Waals surface area contributed by atoms with Crippen molar-refractivity contribution in [2.45, 2.75) is 37.6 Å². The molecule has 7 nitrogen and oxygen atoms in total. The monoisotopic (exact) mass is 419 g/mol. The van der Waals surface area contributed by atoms with Crippen molar-refractivity contribution < 1.29 is 14.3 Å². The second kappa shape index (κ2) is 8.06. The van der Waals surface area contributed by atoms with Crippen LogP contribution in [0.15, 0.2) is 53.5 Å². The Hall–Kier alpha value is -3.35. The number of hydrogen-bond donors (Lipinski definition) is 1. The molecular weight excluding hydrogens is 394 g/mol. The summed E-state index contributed by atoms with van der Waals surface area (Å²) < 4.78 is 13.0. The second-order valence-corrected chi connectivity index (χ2v) is 8.31. The van der Waals surface area contributed by atoms with E-state index in [1.807, 2.05) is 24.3 Å². The van der Waals surface area contributed by atoms with Gasteiger partial charge in [-0.1, -0.05) is 31.0 Å². The molecule has 1 aliphatic heterocycles. The quantitative estimate of drug-likeness (QED) is 0.688. The third-order valence-corrected chi connectivity index (χ3v) is 6.39. The molecule has 0 spiro atoms. The maximum absolute atomic E-state index is 12.8. The first-order valence-corrected chi connectivity index (χ1v) is 10.8. The van der Waals surface area contributed by atoms with Crippen molar-refractivity contribution in [2.75, 3.05) is 19.8 Å². The van der Waals surface area contributed by atoms with E-state index in [4.69, 9.17) is 9.47 Å². The Morgan fingerprint density at radius 1 is 1.06 bits per heavy atom. The van der Waals surface area contributed by atoms with Gasteiger partial charge >= 0.3 is 0 Å². The highest BCUT2D eigenvalue weighted by Crippen LogP contribution is 2.43. The summed E-state index contributed by atoms with van der Waals surface area (Å²) in [7, 11) is 0. The van der Waals surface area contributed by atoms with Gasteiger partial charge in [0.1, 0.15) is 19.8 Å². The summed E-state index contributed by atoms with van der Waals surface area (Å²) in [6.07, 6.45) is 5.58. The Kier molecular flexibility index (Phi) is 5.10. The lowest BCUT2D eigenvalue weighted by molar-refractivity contribution is -0.122. The highest BCUT2D eigenvalue weighted by atomic mass is 16.6. The van der Waals surface area contributed by atoms with E-state index in [1.54, 1.807) is 10.7 Å². The molecule has 2 aliphatic rings. The number of rotatable bonds is 5. The third kappa shape index (κ3) is 3.76. The summed E-state index contributed by atoms with van der Waals surface area (Å²) in [4.78, 5) is 24.8. The van der Waals surface area contributed by atoms with Gasteiger partial charge in [0.15, 0.2) is 11.5 Å². The third-order valence-electron chi connectivity index (χ3n) is 6.39. The predicted molar refractivity (Wildman–Crippen MR) is 117 cm³/mol. The van der Waals surface area contributed by atoms with E-state index >= 15 is 0 Å². The van der Waals surface area contributed by atoms with Gasteiger partial charge < -0.3 is 14.8 Å². The number of hydrogen-bond acceptors (Lipinski definition) is 5. The van der Waals surface area contributed by atoms with Crippen LogP contribution < -0.4 is 20.2 Å². The molecule has 1 saturated carbocycles.